The van der Waals surface area contributed by atoms with Gasteiger partial charge in [-0.15, -0.1) is 0 Å². The summed E-state index contributed by atoms with van der Waals surface area (Å²) in [4.78, 5) is 32.3. The van der Waals surface area contributed by atoms with E-state index in [4.69, 9.17) is 0 Å². The molecule has 0 aliphatic heterocycles. The normalized spacial score (nSPS) is 11.9. The number of pyridine rings is 2. The average molecular weight is 400 g/mol. The SMILES string of the molecule is O=C(N[C@H](Cc1cccnc1Br)C(=O)O)c1ccc2ccccc2n1. The zero-order valence-electron chi connectivity index (χ0n) is 13.0. The number of hydrogen-bond acceptors (Lipinski definition) is 4. The molecule has 3 aromatic rings. The van der Waals surface area contributed by atoms with Gasteiger partial charge in [-0.1, -0.05) is 30.3 Å². The van der Waals surface area contributed by atoms with E-state index in [0.29, 0.717) is 15.7 Å². The molecule has 0 saturated heterocycles. The van der Waals surface area contributed by atoms with Crippen molar-refractivity contribution < 1.29 is 14.7 Å². The summed E-state index contributed by atoms with van der Waals surface area (Å²) in [5.74, 6) is -1.65. The van der Waals surface area contributed by atoms with Gasteiger partial charge in [0.2, 0.25) is 0 Å². The molecule has 2 aromatic heterocycles. The van der Waals surface area contributed by atoms with Gasteiger partial charge in [-0.3, -0.25) is 4.79 Å². The number of carboxylic acids is 1. The fraction of sp³-hybridized carbons (Fsp3) is 0.111. The minimum atomic E-state index is -1.12. The minimum Gasteiger partial charge on any atom is -0.480 e. The Bertz CT molecular complexity index is 946. The lowest BCUT2D eigenvalue weighted by Crippen LogP contribution is -2.42. The Hall–Kier alpha value is -2.80. The van der Waals surface area contributed by atoms with Crippen molar-refractivity contribution in [2.75, 3.05) is 0 Å². The molecule has 0 unspecified atom stereocenters. The van der Waals surface area contributed by atoms with Crippen LogP contribution in [-0.2, 0) is 11.2 Å². The number of carbonyl (C=O) groups is 2. The van der Waals surface area contributed by atoms with E-state index in [1.807, 2.05) is 18.2 Å². The van der Waals surface area contributed by atoms with Gasteiger partial charge >= 0.3 is 5.97 Å². The number of carboxylic acid groups (broad SMARTS) is 1. The van der Waals surface area contributed by atoms with Crippen molar-refractivity contribution >= 4 is 38.7 Å². The lowest BCUT2D eigenvalue weighted by Gasteiger charge is -2.15. The van der Waals surface area contributed by atoms with Crippen LogP contribution in [0.3, 0.4) is 0 Å². The topological polar surface area (TPSA) is 92.2 Å². The molecular formula is C18H14BrN3O3. The predicted octanol–water partition coefficient (Wildman–Crippen LogP) is 2.82. The summed E-state index contributed by atoms with van der Waals surface area (Å²) in [7, 11) is 0. The van der Waals surface area contributed by atoms with Crippen LogP contribution < -0.4 is 5.32 Å². The molecule has 0 bridgehead atoms. The van der Waals surface area contributed by atoms with Gasteiger partial charge in [0, 0.05) is 18.0 Å². The summed E-state index contributed by atoms with van der Waals surface area (Å²) in [5, 5.41) is 12.9. The van der Waals surface area contributed by atoms with Gasteiger partial charge in [0.05, 0.1) is 5.52 Å². The molecular weight excluding hydrogens is 386 g/mol. The third kappa shape index (κ3) is 4.00. The number of carbonyl (C=O) groups excluding carboxylic acids is 1. The molecule has 0 radical (unpaired) electrons. The highest BCUT2D eigenvalue weighted by molar-refractivity contribution is 9.10. The summed E-state index contributed by atoms with van der Waals surface area (Å²) < 4.78 is 0.555. The molecule has 25 heavy (non-hydrogen) atoms. The van der Waals surface area contributed by atoms with Gasteiger partial charge in [-0.05, 0) is 39.7 Å². The van der Waals surface area contributed by atoms with Crippen LogP contribution in [0.5, 0.6) is 0 Å². The van der Waals surface area contributed by atoms with E-state index in [1.54, 1.807) is 36.5 Å². The van der Waals surface area contributed by atoms with Crippen LogP contribution in [-0.4, -0.2) is 33.0 Å². The van der Waals surface area contributed by atoms with Gasteiger partial charge in [-0.25, -0.2) is 14.8 Å². The molecule has 126 valence electrons. The van der Waals surface area contributed by atoms with Gasteiger partial charge < -0.3 is 10.4 Å². The Labute approximate surface area is 152 Å². The van der Waals surface area contributed by atoms with Crippen LogP contribution in [0.15, 0.2) is 59.3 Å². The van der Waals surface area contributed by atoms with Crippen molar-refractivity contribution in [3.63, 3.8) is 0 Å². The number of halogens is 1. The second-order valence-electron chi connectivity index (χ2n) is 5.41. The monoisotopic (exact) mass is 399 g/mol. The maximum atomic E-state index is 12.4. The van der Waals surface area contributed by atoms with Crippen LogP contribution in [0.4, 0.5) is 0 Å². The predicted molar refractivity (Wildman–Crippen MR) is 96.3 cm³/mol. The number of amides is 1. The third-order valence-corrected chi connectivity index (χ3v) is 4.41. The first-order valence-corrected chi connectivity index (χ1v) is 8.33. The first-order valence-electron chi connectivity index (χ1n) is 7.53. The summed E-state index contributed by atoms with van der Waals surface area (Å²) in [5.41, 5.74) is 1.55. The molecule has 0 aliphatic rings. The van der Waals surface area contributed by atoms with Crippen molar-refractivity contribution in [2.24, 2.45) is 0 Å². The first-order chi connectivity index (χ1) is 12.0. The van der Waals surface area contributed by atoms with Crippen LogP contribution >= 0.6 is 15.9 Å². The van der Waals surface area contributed by atoms with E-state index in [2.05, 4.69) is 31.2 Å². The molecule has 7 heteroatoms. The van der Waals surface area contributed by atoms with E-state index >= 15 is 0 Å². The summed E-state index contributed by atoms with van der Waals surface area (Å²) in [6.45, 7) is 0. The molecule has 0 fully saturated rings. The quantitative estimate of drug-likeness (QED) is 0.643. The highest BCUT2D eigenvalue weighted by Gasteiger charge is 2.23. The number of aromatic nitrogens is 2. The van der Waals surface area contributed by atoms with Crippen LogP contribution in [0.25, 0.3) is 10.9 Å². The van der Waals surface area contributed by atoms with E-state index in [9.17, 15) is 14.7 Å². The van der Waals surface area contributed by atoms with E-state index in [1.165, 1.54) is 0 Å². The van der Waals surface area contributed by atoms with E-state index in [0.717, 1.165) is 5.39 Å². The van der Waals surface area contributed by atoms with Crippen molar-refractivity contribution in [3.8, 4) is 0 Å². The average Bonchev–Trinajstić information content (AvgIpc) is 2.62. The van der Waals surface area contributed by atoms with Crippen molar-refractivity contribution in [3.05, 3.63) is 70.6 Å². The Morgan fingerprint density at radius 1 is 1.12 bits per heavy atom. The number of hydrogen-bond donors (Lipinski definition) is 2. The number of rotatable bonds is 5. The van der Waals surface area contributed by atoms with Gasteiger partial charge in [0.25, 0.3) is 5.91 Å². The highest BCUT2D eigenvalue weighted by Crippen LogP contribution is 2.15. The van der Waals surface area contributed by atoms with Gasteiger partial charge in [0.15, 0.2) is 0 Å². The lowest BCUT2D eigenvalue weighted by molar-refractivity contribution is -0.139. The van der Waals surface area contributed by atoms with E-state index in [-0.39, 0.29) is 12.1 Å². The third-order valence-electron chi connectivity index (χ3n) is 3.69. The Kier molecular flexibility index (Phi) is 5.04. The van der Waals surface area contributed by atoms with Crippen molar-refractivity contribution in [1.29, 1.82) is 0 Å². The zero-order valence-corrected chi connectivity index (χ0v) is 14.6. The summed E-state index contributed by atoms with van der Waals surface area (Å²) in [6.07, 6.45) is 1.71. The van der Waals surface area contributed by atoms with Crippen LogP contribution in [0, 0.1) is 0 Å². The molecule has 2 N–H and O–H groups in total. The number of aliphatic carboxylic acids is 1. The highest BCUT2D eigenvalue weighted by atomic mass is 79.9. The fourth-order valence-electron chi connectivity index (χ4n) is 2.42. The minimum absolute atomic E-state index is 0.114. The van der Waals surface area contributed by atoms with Crippen molar-refractivity contribution in [1.82, 2.24) is 15.3 Å². The summed E-state index contributed by atoms with van der Waals surface area (Å²) >= 11 is 3.28. The van der Waals surface area contributed by atoms with Crippen LogP contribution in [0.2, 0.25) is 0 Å². The van der Waals surface area contributed by atoms with Gasteiger partial charge in [0.1, 0.15) is 16.3 Å². The zero-order chi connectivity index (χ0) is 17.8. The first kappa shape index (κ1) is 17.0. The molecule has 6 nitrogen and oxygen atoms in total. The Morgan fingerprint density at radius 3 is 2.68 bits per heavy atom. The van der Waals surface area contributed by atoms with E-state index < -0.39 is 17.9 Å². The van der Waals surface area contributed by atoms with Crippen LogP contribution in [0.1, 0.15) is 16.1 Å². The molecule has 1 aromatic carbocycles. The standard InChI is InChI=1S/C18H14BrN3O3/c19-16-12(5-3-9-20-16)10-15(18(24)25)22-17(23)14-8-7-11-4-1-2-6-13(11)21-14/h1-9,15H,10H2,(H,22,23)(H,24,25)/t15-/m1/s1. The molecule has 0 aliphatic carbocycles. The maximum Gasteiger partial charge on any atom is 0.326 e. The number of nitrogens with one attached hydrogen (secondary N) is 1. The van der Waals surface area contributed by atoms with Gasteiger partial charge in [-0.2, -0.15) is 0 Å². The van der Waals surface area contributed by atoms with Crippen molar-refractivity contribution in [2.45, 2.75) is 12.5 Å². The molecule has 0 spiro atoms. The number of para-hydroxylation sites is 1. The largest absolute Gasteiger partial charge is 0.480 e. The second-order valence-corrected chi connectivity index (χ2v) is 6.16. The second kappa shape index (κ2) is 7.40. The fourth-order valence-corrected chi connectivity index (χ4v) is 2.83. The number of nitrogens with zero attached hydrogens (tertiary/aromatic N) is 2. The summed E-state index contributed by atoms with van der Waals surface area (Å²) in [6, 6.07) is 13.2. The molecule has 1 amide bonds. The number of fused-ring (bicyclic) bond motifs is 1. The number of benzene rings is 1. The molecule has 2 heterocycles. The lowest BCUT2D eigenvalue weighted by atomic mass is 10.1. The smallest absolute Gasteiger partial charge is 0.326 e. The maximum absolute atomic E-state index is 12.4. The Balaban J connectivity index is 1.80. The molecule has 1 atom stereocenters. The Morgan fingerprint density at radius 2 is 1.92 bits per heavy atom. The molecule has 3 rings (SSSR count). The molecule has 0 saturated carbocycles.